The molecule has 36 nitrogen and oxygen atoms in total. The molecule has 0 radical (unpaired) electrons. The topological polar surface area (TPSA) is 563 Å². The van der Waals surface area contributed by atoms with Crippen LogP contribution >= 0.6 is 0 Å². The van der Waals surface area contributed by atoms with Crippen LogP contribution in [0.15, 0.2) is 0 Å². The highest BCUT2D eigenvalue weighted by Gasteiger charge is 2.56. The largest absolute Gasteiger partial charge is 0.394 e. The van der Waals surface area contributed by atoms with E-state index >= 15 is 0 Å². The number of methoxy groups -OCH3 is 3. The Morgan fingerprint density at radius 3 is 1.12 bits per heavy atom. The second-order valence-electron chi connectivity index (χ2n) is 19.7. The minimum Gasteiger partial charge on any atom is -0.394 e. The molecule has 0 saturated carbocycles. The number of aliphatic hydroxyl groups is 21. The zero-order valence-electron chi connectivity index (χ0n) is 43.1. The first kappa shape index (κ1) is 67.7. The van der Waals surface area contributed by atoms with Gasteiger partial charge in [0.25, 0.3) is 0 Å². The molecule has 470 valence electrons. The maximum atomic E-state index is 11.2. The first-order valence-electron chi connectivity index (χ1n) is 25.3. The van der Waals surface area contributed by atoms with E-state index in [-0.39, 0.29) is 6.61 Å². The van der Waals surface area contributed by atoms with Crippen molar-refractivity contribution in [3.63, 3.8) is 0 Å². The van der Waals surface area contributed by atoms with E-state index in [1.54, 1.807) is 0 Å². The van der Waals surface area contributed by atoms with E-state index in [0.29, 0.717) is 0 Å². The molecule has 0 aromatic heterocycles. The SMILES string of the molecule is CO[C@H]1OC(CO)[C@@H](O[C@H]2OC(CO[C@H]3OC(CO)[C@@H](OC)[C@H](O)C3O)[C@@H](O[C@H]3OC[C@@H](OC)[C@H](O)C3O)[C@H](O)C2O)[C@H](O)C1O.OCC1O[C@@H](O[C@H]2C(CO)O[C@H](O[C@H]3C(CO)O[C@H](O)C(O)[C@@H]3O)C(O)[C@@H]2O)C(O)[C@H](O)[C@@H]1O. The van der Waals surface area contributed by atoms with E-state index in [4.69, 9.17) is 71.1 Å². The van der Waals surface area contributed by atoms with Crippen molar-refractivity contribution < 1.29 is 178 Å². The summed E-state index contributed by atoms with van der Waals surface area (Å²) in [5.41, 5.74) is 0. The summed E-state index contributed by atoms with van der Waals surface area (Å²) in [6.07, 6.45) is -53.9. The Bertz CT molecular complexity index is 1790. The molecule has 7 saturated heterocycles. The second-order valence-corrected chi connectivity index (χ2v) is 19.7. The summed E-state index contributed by atoms with van der Waals surface area (Å²) in [6, 6.07) is 0. The second kappa shape index (κ2) is 30.3. The molecule has 7 aliphatic rings. The molecule has 13 unspecified atom stereocenters. The zero-order valence-corrected chi connectivity index (χ0v) is 43.1. The van der Waals surface area contributed by atoms with Crippen LogP contribution in [-0.2, 0) is 71.1 Å². The lowest BCUT2D eigenvalue weighted by Crippen LogP contribution is -2.66. The van der Waals surface area contributed by atoms with Crippen LogP contribution < -0.4 is 0 Å². The Labute approximate surface area is 454 Å². The predicted molar refractivity (Wildman–Crippen MR) is 244 cm³/mol. The van der Waals surface area contributed by atoms with Gasteiger partial charge in [0.15, 0.2) is 44.0 Å². The normalized spacial score (nSPS) is 51.3. The Morgan fingerprint density at radius 1 is 0.300 bits per heavy atom. The van der Waals surface area contributed by atoms with Crippen LogP contribution in [-0.4, -0.2) is 384 Å². The lowest BCUT2D eigenvalue weighted by molar-refractivity contribution is -0.380. The highest BCUT2D eigenvalue weighted by atomic mass is 16.8. The van der Waals surface area contributed by atoms with Crippen LogP contribution in [0.4, 0.5) is 0 Å². The molecule has 34 atom stereocenters. The minimum absolute atomic E-state index is 0.214. The van der Waals surface area contributed by atoms with Gasteiger partial charge in [-0.3, -0.25) is 0 Å². The van der Waals surface area contributed by atoms with Gasteiger partial charge in [0.1, 0.15) is 165 Å². The van der Waals surface area contributed by atoms with E-state index in [2.05, 4.69) is 0 Å². The molecule has 21 N–H and O–H groups in total. The average Bonchev–Trinajstić information content (AvgIpc) is 3.47. The van der Waals surface area contributed by atoms with E-state index in [0.717, 1.165) is 0 Å². The fourth-order valence-electron chi connectivity index (χ4n) is 9.87. The smallest absolute Gasteiger partial charge is 0.187 e. The third-order valence-corrected chi connectivity index (χ3v) is 14.6. The van der Waals surface area contributed by atoms with Gasteiger partial charge in [0.05, 0.1) is 46.2 Å². The molecule has 0 spiro atoms. The van der Waals surface area contributed by atoms with Gasteiger partial charge >= 0.3 is 0 Å². The van der Waals surface area contributed by atoms with Crippen molar-refractivity contribution in [3.05, 3.63) is 0 Å². The maximum Gasteiger partial charge on any atom is 0.187 e. The molecule has 7 rings (SSSR count). The molecule has 80 heavy (non-hydrogen) atoms. The molecule has 7 heterocycles. The van der Waals surface area contributed by atoms with Crippen LogP contribution in [0.25, 0.3) is 0 Å². The van der Waals surface area contributed by atoms with Gasteiger partial charge in [-0.15, -0.1) is 0 Å². The highest BCUT2D eigenvalue weighted by molar-refractivity contribution is 4.99. The van der Waals surface area contributed by atoms with Gasteiger partial charge in [0.2, 0.25) is 0 Å². The number of ether oxygens (including phenoxy) is 15. The summed E-state index contributed by atoms with van der Waals surface area (Å²) in [7, 11) is 3.75. The molecule has 0 aromatic rings. The first-order chi connectivity index (χ1) is 38.0. The monoisotopic (exact) mass is 1180 g/mol. The van der Waals surface area contributed by atoms with Gasteiger partial charge in [-0.2, -0.15) is 0 Å². The Balaban J connectivity index is 0.000000270. The number of hydrogen-bond donors (Lipinski definition) is 21. The van der Waals surface area contributed by atoms with Gasteiger partial charge in [-0.1, -0.05) is 0 Å². The molecular formula is C44H78O36. The molecule has 7 fully saturated rings. The summed E-state index contributed by atoms with van der Waals surface area (Å²) in [6.45, 7) is -4.48. The fourth-order valence-corrected chi connectivity index (χ4v) is 9.87. The summed E-state index contributed by atoms with van der Waals surface area (Å²) in [5, 5.41) is 214. The number of rotatable bonds is 19. The molecule has 0 aliphatic carbocycles. The van der Waals surface area contributed by atoms with Gasteiger partial charge < -0.3 is 178 Å². The van der Waals surface area contributed by atoms with Crippen LogP contribution in [0.1, 0.15) is 0 Å². The van der Waals surface area contributed by atoms with Gasteiger partial charge in [-0.25, -0.2) is 0 Å². The molecule has 36 heteroatoms. The van der Waals surface area contributed by atoms with E-state index in [1.165, 1.54) is 21.3 Å². The Hall–Kier alpha value is -1.44. The minimum atomic E-state index is -1.93. The Kier molecular flexibility index (Phi) is 25.6. The van der Waals surface area contributed by atoms with Gasteiger partial charge in [0, 0.05) is 21.3 Å². The molecule has 0 amide bonds. The molecule has 0 aromatic carbocycles. The van der Waals surface area contributed by atoms with Crippen molar-refractivity contribution in [1.82, 2.24) is 0 Å². The first-order valence-corrected chi connectivity index (χ1v) is 25.3. The van der Waals surface area contributed by atoms with Crippen LogP contribution in [0, 0.1) is 0 Å². The zero-order chi connectivity index (χ0) is 59.2. The standard InChI is InChI=1S/C26H46O20.C18H32O16/c1-37-10-6-40-25(16(33)12(10)29)45-22-11(7-41-24-18(35)13(30)20(38-2)8(4-27)43-24)44-26(19(36)15(22)32)46-21-9(5-28)42-23(39-3)17(34)14(21)31;19-1-4-7(22)8(23)12(27)17(31-4)34-15-6(3-21)32-18(13(28)10(15)25)33-14-5(2-20)30-16(29)11(26)9(14)24/h8-36H,4-7H2,1-3H3;4-29H,1-3H2/t8?,9?,10-,11?,12+,13-,14-,15-,16?,17?,18?,19?,20-,21-,22-,23+,24+,25-,26-;4?,5?,6?,7-,8-,9+,10+,11?,12?,13?,14+,15+,16+,17+,18-/m11/s1. The summed E-state index contributed by atoms with van der Waals surface area (Å²) in [4.78, 5) is 0. The summed E-state index contributed by atoms with van der Waals surface area (Å²) in [5.74, 6) is 0. The number of hydrogen-bond acceptors (Lipinski definition) is 36. The van der Waals surface area contributed by atoms with Crippen molar-refractivity contribution in [3.8, 4) is 0 Å². The van der Waals surface area contributed by atoms with Crippen molar-refractivity contribution in [2.45, 2.75) is 209 Å². The van der Waals surface area contributed by atoms with E-state index < -0.39 is 248 Å². The van der Waals surface area contributed by atoms with Crippen LogP contribution in [0.2, 0.25) is 0 Å². The van der Waals surface area contributed by atoms with Crippen molar-refractivity contribution >= 4 is 0 Å². The average molecular weight is 1180 g/mol. The lowest BCUT2D eigenvalue weighted by Gasteiger charge is -2.48. The van der Waals surface area contributed by atoms with Gasteiger partial charge in [-0.05, 0) is 0 Å². The third kappa shape index (κ3) is 14.7. The Morgan fingerprint density at radius 2 is 0.650 bits per heavy atom. The van der Waals surface area contributed by atoms with Crippen LogP contribution in [0.5, 0.6) is 0 Å². The molecular weight excluding hydrogens is 1100 g/mol. The predicted octanol–water partition coefficient (Wildman–Crippen LogP) is -14.7. The van der Waals surface area contributed by atoms with Crippen molar-refractivity contribution in [1.29, 1.82) is 0 Å². The van der Waals surface area contributed by atoms with Crippen LogP contribution in [0.3, 0.4) is 0 Å². The van der Waals surface area contributed by atoms with Crippen molar-refractivity contribution in [2.24, 2.45) is 0 Å². The maximum absolute atomic E-state index is 11.2. The molecule has 0 bridgehead atoms. The molecule has 7 aliphatic heterocycles. The van der Waals surface area contributed by atoms with E-state index in [9.17, 15) is 107 Å². The summed E-state index contributed by atoms with van der Waals surface area (Å²) < 4.78 is 81.0. The fraction of sp³-hybridized carbons (Fsp3) is 1.00. The quantitative estimate of drug-likeness (QED) is 0.0571. The lowest BCUT2D eigenvalue weighted by atomic mass is 9.96. The highest BCUT2D eigenvalue weighted by Crippen LogP contribution is 2.35. The van der Waals surface area contributed by atoms with E-state index in [1.807, 2.05) is 0 Å². The number of aliphatic hydroxyl groups excluding tert-OH is 21. The third-order valence-electron chi connectivity index (χ3n) is 14.6. The summed E-state index contributed by atoms with van der Waals surface area (Å²) >= 11 is 0. The van der Waals surface area contributed by atoms with Crippen molar-refractivity contribution in [2.75, 3.05) is 67.6 Å².